The van der Waals surface area contributed by atoms with Gasteiger partial charge in [-0.1, -0.05) is 305 Å². The quantitative estimate of drug-likeness (QED) is 0.144. The molecule has 19 aromatic carbocycles. The third-order valence-corrected chi connectivity index (χ3v) is 26.0. The number of hydrogen-bond donors (Lipinski definition) is 0. The predicted octanol–water partition coefficient (Wildman–Crippen LogP) is 29.7. The highest BCUT2D eigenvalue weighted by Gasteiger charge is 2.36. The fourth-order valence-corrected chi connectivity index (χ4v) is 20.2. The maximum absolute atomic E-state index is 5.54. The maximum atomic E-state index is 5.54. The maximum Gasteiger partial charge on any atom is 0.235 e. The van der Waals surface area contributed by atoms with E-state index in [1.165, 1.54) is 148 Å². The van der Waals surface area contributed by atoms with Crippen molar-refractivity contribution in [1.82, 2.24) is 38.2 Å². The highest BCUT2D eigenvalue weighted by atomic mass is 15.2. The molecule has 0 spiro atoms. The first-order valence-electron chi connectivity index (χ1n) is 42.2. The van der Waals surface area contributed by atoms with Crippen LogP contribution in [0.25, 0.3) is 232 Å². The van der Waals surface area contributed by atoms with Gasteiger partial charge in [-0.2, -0.15) is 0 Å². The van der Waals surface area contributed by atoms with E-state index in [2.05, 4.69) is 445 Å². The van der Waals surface area contributed by atoms with Crippen molar-refractivity contribution in [3.63, 3.8) is 0 Å². The van der Waals surface area contributed by atoms with Gasteiger partial charge in [0, 0.05) is 81.8 Å². The third kappa shape index (κ3) is 11.0. The molecule has 123 heavy (non-hydrogen) atoms. The van der Waals surface area contributed by atoms with E-state index in [9.17, 15) is 0 Å². The van der Waals surface area contributed by atoms with Crippen LogP contribution in [0.4, 0.5) is 0 Å². The van der Waals surface area contributed by atoms with Crippen molar-refractivity contribution in [3.8, 4) is 90.3 Å². The zero-order valence-electron chi connectivity index (χ0n) is 67.3. The normalized spacial score (nSPS) is 12.5. The molecule has 0 fully saturated rings. The van der Waals surface area contributed by atoms with E-state index in [4.69, 9.17) is 19.9 Å². The first-order valence-corrected chi connectivity index (χ1v) is 42.2. The van der Waals surface area contributed by atoms with E-state index in [0.717, 1.165) is 83.3 Å². The molecule has 1 aliphatic carbocycles. The molecule has 1 aliphatic rings. The summed E-state index contributed by atoms with van der Waals surface area (Å²) in [5.74, 6) is 1.31. The van der Waals surface area contributed by atoms with E-state index < -0.39 is 0 Å². The van der Waals surface area contributed by atoms with Gasteiger partial charge in [0.25, 0.3) is 0 Å². The van der Waals surface area contributed by atoms with Gasteiger partial charge in [-0.25, -0.2) is 19.9 Å². The Bertz CT molecular complexity index is 8720. The highest BCUT2D eigenvalue weighted by Crippen LogP contribution is 2.51. The minimum atomic E-state index is -0.122. The minimum Gasteiger partial charge on any atom is -0.309 e. The number of fused-ring (bicyclic) bond motifs is 22. The van der Waals surface area contributed by atoms with Crippen LogP contribution in [0.2, 0.25) is 0 Å². The van der Waals surface area contributed by atoms with Crippen LogP contribution >= 0.6 is 0 Å². The van der Waals surface area contributed by atoms with Crippen LogP contribution in [0.1, 0.15) is 25.0 Å². The van der Waals surface area contributed by atoms with Gasteiger partial charge in [0.05, 0.1) is 66.6 Å². The van der Waals surface area contributed by atoms with Crippen LogP contribution in [0.15, 0.2) is 413 Å². The number of aromatic nitrogens is 8. The number of benzene rings is 19. The predicted molar refractivity (Wildman–Crippen MR) is 514 cm³/mol. The molecular weight excluding hydrogens is 1490 g/mol. The van der Waals surface area contributed by atoms with E-state index in [1.807, 2.05) is 0 Å². The van der Waals surface area contributed by atoms with Crippen LogP contribution in [0.5, 0.6) is 0 Å². The second-order valence-corrected chi connectivity index (χ2v) is 33.2. The molecule has 0 amide bonds. The fourth-order valence-electron chi connectivity index (χ4n) is 20.2. The lowest BCUT2D eigenvalue weighted by Crippen LogP contribution is -2.15. The van der Waals surface area contributed by atoms with Gasteiger partial charge in [0.1, 0.15) is 0 Å². The number of para-hydroxylation sites is 6. The van der Waals surface area contributed by atoms with E-state index in [-0.39, 0.29) is 5.41 Å². The summed E-state index contributed by atoms with van der Waals surface area (Å²) in [6, 6.07) is 149. The van der Waals surface area contributed by atoms with E-state index in [0.29, 0.717) is 11.9 Å². The van der Waals surface area contributed by atoms with Crippen LogP contribution in [0.3, 0.4) is 0 Å². The minimum absolute atomic E-state index is 0.122. The molecule has 0 radical (unpaired) electrons. The lowest BCUT2D eigenvalue weighted by Gasteiger charge is -2.22. The number of hydrogen-bond acceptors (Lipinski definition) is 4. The summed E-state index contributed by atoms with van der Waals surface area (Å²) in [7, 11) is 0. The van der Waals surface area contributed by atoms with Crippen molar-refractivity contribution in [2.24, 2.45) is 0 Å². The number of rotatable bonds is 9. The molecule has 8 heteroatoms. The van der Waals surface area contributed by atoms with Crippen LogP contribution < -0.4 is 0 Å². The molecule has 0 saturated carbocycles. The molecule has 0 saturated heterocycles. The van der Waals surface area contributed by atoms with Crippen molar-refractivity contribution in [2.75, 3.05) is 0 Å². The molecule has 6 heterocycles. The summed E-state index contributed by atoms with van der Waals surface area (Å²) >= 11 is 0. The lowest BCUT2D eigenvalue weighted by molar-refractivity contribution is 0.660. The third-order valence-electron chi connectivity index (χ3n) is 26.0. The second kappa shape index (κ2) is 27.5. The Labute approximate surface area is 708 Å². The molecule has 25 aromatic rings. The Morgan fingerprint density at radius 2 is 0.545 bits per heavy atom. The first kappa shape index (κ1) is 69.9. The Morgan fingerprint density at radius 3 is 1.07 bits per heavy atom. The zero-order valence-corrected chi connectivity index (χ0v) is 67.3. The molecular formula is C115H74N8. The van der Waals surface area contributed by atoms with Crippen molar-refractivity contribution >= 4 is 141 Å². The van der Waals surface area contributed by atoms with Crippen LogP contribution in [0, 0.1) is 0 Å². The molecule has 0 N–H and O–H groups in total. The van der Waals surface area contributed by atoms with Gasteiger partial charge >= 0.3 is 0 Å². The lowest BCUT2D eigenvalue weighted by atomic mass is 9.82. The first-order chi connectivity index (χ1) is 60.7. The smallest absolute Gasteiger partial charge is 0.235 e. The SMILES string of the molecule is CC1(C)c2ccccc2-c2ccc(-c3nc(-n4c5ccc(-c6ccc7c(c6)c6ccccc6n7-c6ccccc6)cc5c5c6ccccc6ccc54)nc4ccccc34)cc21.c1ccc(-n2c3ccccc3c3cc(-c4ccc5c(c4)c4c6ccccc6ccc4n5-c4nc(-c5ccc(-c6ccc7ccccc7c6)cc5)c5ccccc5n4)ccc32)cc1. The molecule has 8 nitrogen and oxygen atoms in total. The average molecular weight is 1570 g/mol. The van der Waals surface area contributed by atoms with E-state index >= 15 is 0 Å². The van der Waals surface area contributed by atoms with Gasteiger partial charge in [0.15, 0.2) is 0 Å². The van der Waals surface area contributed by atoms with Crippen LogP contribution in [-0.2, 0) is 5.41 Å². The molecule has 0 atom stereocenters. The monoisotopic (exact) mass is 1570 g/mol. The Hall–Kier alpha value is -16.2. The fraction of sp³-hybridized carbons (Fsp3) is 0.0261. The Kier molecular flexibility index (Phi) is 15.6. The molecule has 6 aromatic heterocycles. The summed E-state index contributed by atoms with van der Waals surface area (Å²) in [6.07, 6.45) is 0. The Morgan fingerprint density at radius 1 is 0.195 bits per heavy atom. The van der Waals surface area contributed by atoms with Gasteiger partial charge in [0.2, 0.25) is 11.9 Å². The van der Waals surface area contributed by atoms with Gasteiger partial charge in [-0.3, -0.25) is 9.13 Å². The van der Waals surface area contributed by atoms with Crippen molar-refractivity contribution in [1.29, 1.82) is 0 Å². The molecule has 26 rings (SSSR count). The van der Waals surface area contributed by atoms with Gasteiger partial charge in [-0.05, 0) is 209 Å². The highest BCUT2D eigenvalue weighted by molar-refractivity contribution is 6.24. The summed E-state index contributed by atoms with van der Waals surface area (Å²) in [6.45, 7) is 4.67. The van der Waals surface area contributed by atoms with Crippen molar-refractivity contribution in [3.05, 3.63) is 424 Å². The zero-order chi connectivity index (χ0) is 81.1. The largest absolute Gasteiger partial charge is 0.309 e. The molecule has 0 unspecified atom stereocenters. The second-order valence-electron chi connectivity index (χ2n) is 33.2. The molecule has 0 aliphatic heterocycles. The van der Waals surface area contributed by atoms with Crippen molar-refractivity contribution in [2.45, 2.75) is 19.3 Å². The molecule has 0 bridgehead atoms. The summed E-state index contributed by atoms with van der Waals surface area (Å²) in [4.78, 5) is 21.6. The standard InChI is InChI=1S/C58H36N4.C57H38N4/c1-2-15-45(16-3-1)61-52-21-11-9-18-47(52)49-35-43(29-31-53(49)61)44-30-32-54-50(36-44)56-46-17-7-6-13-39(46)28-33-55(56)62(54)58-59-51-20-10-8-19-48(51)57(60-58)40-25-22-38(23-26-40)42-27-24-37-12-4-5-14-41(37)34-42;1-57(2)47-21-11-8-18-41(47)42-28-24-38(34-48(42)57)55-44-20-9-12-22-49(44)58-56(59-55)61-52-30-27-37(33-46(52)54-40-17-7-6-14-35(40)25-31-53(54)61)36-26-29-51-45(32-36)43-19-10-13-23-50(43)60(51)39-15-4-3-5-16-39/h1-36H;3-34H,1-2H3. The van der Waals surface area contributed by atoms with Gasteiger partial charge in [-0.15, -0.1) is 0 Å². The van der Waals surface area contributed by atoms with E-state index in [1.54, 1.807) is 0 Å². The molecule has 574 valence electrons. The Balaban J connectivity index is 0.000000135. The topological polar surface area (TPSA) is 71.3 Å². The summed E-state index contributed by atoms with van der Waals surface area (Å²) < 4.78 is 9.28. The van der Waals surface area contributed by atoms with Crippen LogP contribution in [-0.4, -0.2) is 38.2 Å². The average Bonchev–Trinajstić information content (AvgIpc) is 1.57. The summed E-state index contributed by atoms with van der Waals surface area (Å²) in [5, 5.41) is 19.0. The van der Waals surface area contributed by atoms with Crippen molar-refractivity contribution < 1.29 is 0 Å². The summed E-state index contributed by atoms with van der Waals surface area (Å²) in [5.41, 5.74) is 29.4. The van der Waals surface area contributed by atoms with Gasteiger partial charge < -0.3 is 9.13 Å². The number of nitrogens with zero attached hydrogens (tertiary/aromatic N) is 8.